The third kappa shape index (κ3) is 29.5. The highest BCUT2D eigenvalue weighted by Crippen LogP contribution is 2.26. The monoisotopic (exact) mass is 870 g/mol. The normalized spacial score (nSPS) is 20.8. The van der Waals surface area contributed by atoms with E-state index in [1.165, 1.54) is 128 Å². The Kier molecular flexibility index (Phi) is 37.6. The summed E-state index contributed by atoms with van der Waals surface area (Å²) < 4.78 is 17.5. The first kappa shape index (κ1) is 57.4. The molecule has 1 rings (SSSR count). The number of amides is 1. The van der Waals surface area contributed by atoms with Crippen LogP contribution >= 0.6 is 0 Å². The zero-order valence-electron chi connectivity index (χ0n) is 39.3. The van der Waals surface area contributed by atoms with Gasteiger partial charge in [0.05, 0.1) is 25.4 Å². The van der Waals surface area contributed by atoms with E-state index in [0.717, 1.165) is 57.8 Å². The van der Waals surface area contributed by atoms with E-state index in [0.29, 0.717) is 19.3 Å². The number of carbonyl (C=O) groups is 2. The van der Waals surface area contributed by atoms with Gasteiger partial charge in [0.15, 0.2) is 12.4 Å². The van der Waals surface area contributed by atoms with Gasteiger partial charge in [0.2, 0.25) is 5.91 Å². The van der Waals surface area contributed by atoms with Crippen molar-refractivity contribution in [1.82, 2.24) is 5.32 Å². The molecule has 0 aliphatic carbocycles. The standard InChI is InChI=1S/C50H95NO10/c1-4-7-10-13-16-19-22-25-27-30-33-36-42(53)41(51-49(58)43(54)37-34-31-28-24-21-18-15-12-9-6-3)40-59-50-48(47(57)46(56)44(39-52)60-50)61-45(55)38-35-32-29-26-23-20-17-14-11-8-5-2/h33,36,41-44,46-48,50,52-54,56-57H,4-32,34-35,37-40H2,1-3H3,(H,51,58)/b36-33+. The van der Waals surface area contributed by atoms with Crippen molar-refractivity contribution in [2.75, 3.05) is 13.2 Å². The molecule has 0 spiro atoms. The van der Waals surface area contributed by atoms with Crippen molar-refractivity contribution in [2.24, 2.45) is 0 Å². The van der Waals surface area contributed by atoms with Crippen molar-refractivity contribution < 1.29 is 49.3 Å². The Morgan fingerprint density at radius 3 is 1.54 bits per heavy atom. The van der Waals surface area contributed by atoms with Gasteiger partial charge in [-0.25, -0.2) is 0 Å². The van der Waals surface area contributed by atoms with Gasteiger partial charge in [-0.3, -0.25) is 9.59 Å². The van der Waals surface area contributed by atoms with Crippen LogP contribution in [0.1, 0.15) is 233 Å². The van der Waals surface area contributed by atoms with Crippen LogP contribution in [-0.4, -0.2) is 99.6 Å². The summed E-state index contributed by atoms with van der Waals surface area (Å²) in [6.45, 7) is 5.73. The average molecular weight is 870 g/mol. The fraction of sp³-hybridized carbons (Fsp3) is 0.920. The summed E-state index contributed by atoms with van der Waals surface area (Å²) in [6, 6.07) is -1.01. The van der Waals surface area contributed by atoms with E-state index in [1.54, 1.807) is 6.08 Å². The molecule has 1 heterocycles. The van der Waals surface area contributed by atoms with Gasteiger partial charge in [0, 0.05) is 6.42 Å². The first-order valence-corrected chi connectivity index (χ1v) is 25.5. The summed E-state index contributed by atoms with van der Waals surface area (Å²) in [4.78, 5) is 26.2. The topological polar surface area (TPSA) is 175 Å². The summed E-state index contributed by atoms with van der Waals surface area (Å²) in [5.74, 6) is -1.19. The lowest BCUT2D eigenvalue weighted by atomic mass is 9.99. The van der Waals surface area contributed by atoms with Crippen LogP contribution in [0.25, 0.3) is 0 Å². The number of aliphatic hydroxyl groups excluding tert-OH is 5. The average Bonchev–Trinajstić information content (AvgIpc) is 3.25. The highest BCUT2D eigenvalue weighted by molar-refractivity contribution is 5.80. The third-order valence-corrected chi connectivity index (χ3v) is 12.2. The van der Waals surface area contributed by atoms with E-state index >= 15 is 0 Å². The minimum atomic E-state index is -1.60. The molecule has 11 heteroatoms. The van der Waals surface area contributed by atoms with Crippen LogP contribution in [-0.2, 0) is 23.8 Å². The SMILES string of the molecule is CCCCCCCCCCC/C=C/C(O)C(COC1OC(CO)C(O)C(O)C1OC(=O)CCCCCCCCCCCCC)NC(=O)C(O)CCCCCCCCCCCC. The highest BCUT2D eigenvalue weighted by Gasteiger charge is 2.47. The Hall–Kier alpha value is -1.60. The maximum atomic E-state index is 13.3. The molecule has 0 saturated carbocycles. The first-order chi connectivity index (χ1) is 29.7. The molecule has 6 N–H and O–H groups in total. The number of allylic oxidation sites excluding steroid dienone is 1. The van der Waals surface area contributed by atoms with Crippen LogP contribution < -0.4 is 5.32 Å². The summed E-state index contributed by atoms with van der Waals surface area (Å²) >= 11 is 0. The number of aliphatic hydroxyl groups is 5. The molecule has 1 amide bonds. The molecule has 1 saturated heterocycles. The molecular formula is C50H95NO10. The Morgan fingerprint density at radius 1 is 0.623 bits per heavy atom. The fourth-order valence-electron chi connectivity index (χ4n) is 8.06. The maximum absolute atomic E-state index is 13.3. The number of hydrogen-bond donors (Lipinski definition) is 6. The van der Waals surface area contributed by atoms with Gasteiger partial charge in [-0.05, 0) is 25.7 Å². The van der Waals surface area contributed by atoms with Crippen molar-refractivity contribution in [3.8, 4) is 0 Å². The molecule has 0 aromatic rings. The lowest BCUT2D eigenvalue weighted by Crippen LogP contribution is -2.61. The van der Waals surface area contributed by atoms with E-state index in [1.807, 2.05) is 6.08 Å². The van der Waals surface area contributed by atoms with Crippen molar-refractivity contribution in [3.05, 3.63) is 12.2 Å². The smallest absolute Gasteiger partial charge is 0.306 e. The van der Waals surface area contributed by atoms with Gasteiger partial charge in [-0.2, -0.15) is 0 Å². The maximum Gasteiger partial charge on any atom is 0.306 e. The number of hydrogen-bond acceptors (Lipinski definition) is 10. The van der Waals surface area contributed by atoms with Crippen LogP contribution in [0.5, 0.6) is 0 Å². The van der Waals surface area contributed by atoms with E-state index < -0.39 is 67.4 Å². The molecule has 0 aromatic carbocycles. The van der Waals surface area contributed by atoms with Crippen molar-refractivity contribution in [2.45, 2.75) is 282 Å². The largest absolute Gasteiger partial charge is 0.454 e. The number of rotatable bonds is 42. The fourth-order valence-corrected chi connectivity index (χ4v) is 8.06. The van der Waals surface area contributed by atoms with Crippen molar-refractivity contribution in [3.63, 3.8) is 0 Å². The minimum absolute atomic E-state index is 0.130. The molecule has 1 aliphatic heterocycles. The lowest BCUT2D eigenvalue weighted by molar-refractivity contribution is -0.305. The molecule has 0 bridgehead atoms. The summed E-state index contributed by atoms with van der Waals surface area (Å²) in [7, 11) is 0. The van der Waals surface area contributed by atoms with E-state index in [4.69, 9.17) is 14.2 Å². The van der Waals surface area contributed by atoms with Gasteiger partial charge in [-0.1, -0.05) is 213 Å². The molecule has 0 radical (unpaired) electrons. The van der Waals surface area contributed by atoms with Crippen LogP contribution in [0.4, 0.5) is 0 Å². The van der Waals surface area contributed by atoms with Crippen LogP contribution in [0.15, 0.2) is 12.2 Å². The summed E-state index contributed by atoms with van der Waals surface area (Å²) in [5, 5.41) is 56.4. The summed E-state index contributed by atoms with van der Waals surface area (Å²) in [5.41, 5.74) is 0. The van der Waals surface area contributed by atoms with E-state index in [-0.39, 0.29) is 13.0 Å². The Labute approximate surface area is 372 Å². The van der Waals surface area contributed by atoms with Crippen LogP contribution in [0.3, 0.4) is 0 Å². The molecule has 11 nitrogen and oxygen atoms in total. The number of nitrogens with one attached hydrogen (secondary N) is 1. The molecule has 8 atom stereocenters. The van der Waals surface area contributed by atoms with Gasteiger partial charge < -0.3 is 45.1 Å². The van der Waals surface area contributed by atoms with Crippen LogP contribution in [0, 0.1) is 0 Å². The quantitative estimate of drug-likeness (QED) is 0.0197. The lowest BCUT2D eigenvalue weighted by Gasteiger charge is -2.41. The number of unbranched alkanes of at least 4 members (excludes halogenated alkanes) is 28. The Morgan fingerprint density at radius 2 is 1.07 bits per heavy atom. The number of ether oxygens (including phenoxy) is 3. The summed E-state index contributed by atoms with van der Waals surface area (Å²) in [6.07, 6.45) is 29.9. The molecule has 8 unspecified atom stereocenters. The highest BCUT2D eigenvalue weighted by atomic mass is 16.7. The second-order valence-electron chi connectivity index (χ2n) is 17.9. The van der Waals surface area contributed by atoms with Crippen molar-refractivity contribution >= 4 is 11.9 Å². The zero-order chi connectivity index (χ0) is 44.8. The van der Waals surface area contributed by atoms with E-state index in [2.05, 4.69) is 26.1 Å². The van der Waals surface area contributed by atoms with Gasteiger partial charge in [0.25, 0.3) is 0 Å². The van der Waals surface area contributed by atoms with Crippen molar-refractivity contribution in [1.29, 1.82) is 0 Å². The van der Waals surface area contributed by atoms with Gasteiger partial charge in [-0.15, -0.1) is 0 Å². The van der Waals surface area contributed by atoms with E-state index in [9.17, 15) is 35.1 Å². The molecule has 360 valence electrons. The molecular weight excluding hydrogens is 775 g/mol. The third-order valence-electron chi connectivity index (χ3n) is 12.2. The first-order valence-electron chi connectivity index (χ1n) is 25.5. The molecule has 61 heavy (non-hydrogen) atoms. The minimum Gasteiger partial charge on any atom is -0.454 e. The Bertz CT molecular complexity index is 1050. The van der Waals surface area contributed by atoms with Gasteiger partial charge >= 0.3 is 5.97 Å². The number of carbonyl (C=O) groups excluding carboxylic acids is 2. The molecule has 1 fully saturated rings. The Balaban J connectivity index is 2.80. The van der Waals surface area contributed by atoms with Gasteiger partial charge in [0.1, 0.15) is 24.4 Å². The second kappa shape index (κ2) is 40.0. The second-order valence-corrected chi connectivity index (χ2v) is 17.9. The molecule has 1 aliphatic rings. The zero-order valence-corrected chi connectivity index (χ0v) is 39.3. The van der Waals surface area contributed by atoms with Crippen LogP contribution in [0.2, 0.25) is 0 Å². The predicted molar refractivity (Wildman–Crippen MR) is 246 cm³/mol. The number of esters is 1. The molecule has 0 aromatic heterocycles. The predicted octanol–water partition coefficient (Wildman–Crippen LogP) is 10.0.